The van der Waals surface area contributed by atoms with Gasteiger partial charge >= 0.3 is 5.97 Å². The molecule has 0 aromatic heterocycles. The molecule has 0 aliphatic rings. The van der Waals surface area contributed by atoms with Crippen molar-refractivity contribution in [3.05, 3.63) is 12.2 Å². The zero-order valence-corrected chi connectivity index (χ0v) is 38.3. The number of unbranched alkanes of at least 4 members (excludes halogenated alkanes) is 34. The van der Waals surface area contributed by atoms with E-state index in [0.29, 0.717) is 25.9 Å². The molecular weight excluding hydrogens is 707 g/mol. The number of ether oxygens (including phenoxy) is 1. The third-order valence-electron chi connectivity index (χ3n) is 11.8. The van der Waals surface area contributed by atoms with E-state index in [-0.39, 0.29) is 18.5 Å². The van der Waals surface area contributed by atoms with Crippen molar-refractivity contribution in [1.29, 1.82) is 0 Å². The Morgan fingerprint density at radius 3 is 1.25 bits per heavy atom. The van der Waals surface area contributed by atoms with Crippen molar-refractivity contribution in [2.24, 2.45) is 0 Å². The first-order chi connectivity index (χ1) is 28.0. The number of esters is 1. The van der Waals surface area contributed by atoms with Crippen LogP contribution in [-0.2, 0) is 14.3 Å². The Hall–Kier alpha value is -1.40. The van der Waals surface area contributed by atoms with E-state index in [2.05, 4.69) is 31.3 Å². The number of carbonyl (C=O) groups is 2. The predicted molar refractivity (Wildman–Crippen MR) is 246 cm³/mol. The van der Waals surface area contributed by atoms with Crippen LogP contribution >= 0.6 is 0 Å². The summed E-state index contributed by atoms with van der Waals surface area (Å²) < 4.78 is 5.46. The molecule has 2 atom stereocenters. The first-order valence-electron chi connectivity index (χ1n) is 25.4. The van der Waals surface area contributed by atoms with Crippen LogP contribution in [0.2, 0.25) is 0 Å². The van der Waals surface area contributed by atoms with Crippen LogP contribution in [0.5, 0.6) is 0 Å². The Morgan fingerprint density at radius 2 is 0.825 bits per heavy atom. The molecular formula is C51H99NO5. The number of aliphatic hydroxyl groups excluding tert-OH is 2. The zero-order chi connectivity index (χ0) is 41.5. The molecule has 0 aliphatic carbocycles. The third-order valence-corrected chi connectivity index (χ3v) is 11.8. The van der Waals surface area contributed by atoms with Crippen LogP contribution in [0.25, 0.3) is 0 Å². The van der Waals surface area contributed by atoms with Gasteiger partial charge in [0.15, 0.2) is 0 Å². The minimum Gasteiger partial charge on any atom is -0.466 e. The van der Waals surface area contributed by atoms with Gasteiger partial charge in [-0.2, -0.15) is 0 Å². The molecule has 0 aromatic rings. The van der Waals surface area contributed by atoms with E-state index < -0.39 is 12.1 Å². The smallest absolute Gasteiger partial charge is 0.305 e. The molecule has 0 bridgehead atoms. The lowest BCUT2D eigenvalue weighted by molar-refractivity contribution is -0.143. The van der Waals surface area contributed by atoms with Gasteiger partial charge in [-0.15, -0.1) is 0 Å². The van der Waals surface area contributed by atoms with Crippen molar-refractivity contribution in [2.75, 3.05) is 13.2 Å². The van der Waals surface area contributed by atoms with Gasteiger partial charge in [0.05, 0.1) is 25.4 Å². The lowest BCUT2D eigenvalue weighted by Gasteiger charge is -2.22. The van der Waals surface area contributed by atoms with E-state index >= 15 is 0 Å². The van der Waals surface area contributed by atoms with Crippen LogP contribution in [0, 0.1) is 0 Å². The van der Waals surface area contributed by atoms with E-state index in [0.717, 1.165) is 51.4 Å². The van der Waals surface area contributed by atoms with Gasteiger partial charge in [0.1, 0.15) is 0 Å². The molecule has 0 saturated heterocycles. The normalized spacial score (nSPS) is 12.7. The highest BCUT2D eigenvalue weighted by atomic mass is 16.5. The van der Waals surface area contributed by atoms with Gasteiger partial charge in [-0.1, -0.05) is 225 Å². The molecule has 0 fully saturated rings. The average molecular weight is 806 g/mol. The summed E-state index contributed by atoms with van der Waals surface area (Å²) in [5.74, 6) is -0.0566. The van der Waals surface area contributed by atoms with Crippen molar-refractivity contribution in [2.45, 2.75) is 289 Å². The molecule has 6 nitrogen and oxygen atoms in total. The maximum absolute atomic E-state index is 12.4. The number of hydrogen-bond acceptors (Lipinski definition) is 5. The molecule has 1 amide bonds. The van der Waals surface area contributed by atoms with Crippen LogP contribution < -0.4 is 5.32 Å². The average Bonchev–Trinajstić information content (AvgIpc) is 3.21. The van der Waals surface area contributed by atoms with Gasteiger partial charge in [-0.25, -0.2) is 0 Å². The van der Waals surface area contributed by atoms with E-state index in [1.54, 1.807) is 0 Å². The molecule has 0 spiro atoms. The van der Waals surface area contributed by atoms with Crippen LogP contribution in [0.3, 0.4) is 0 Å². The highest BCUT2D eigenvalue weighted by Gasteiger charge is 2.20. The molecule has 0 aliphatic heterocycles. The lowest BCUT2D eigenvalue weighted by atomic mass is 10.0. The maximum Gasteiger partial charge on any atom is 0.305 e. The van der Waals surface area contributed by atoms with E-state index in [9.17, 15) is 19.8 Å². The molecule has 6 heteroatoms. The van der Waals surface area contributed by atoms with E-state index in [1.165, 1.54) is 193 Å². The summed E-state index contributed by atoms with van der Waals surface area (Å²) in [5.41, 5.74) is 0. The minimum atomic E-state index is -0.669. The molecule has 0 heterocycles. The summed E-state index contributed by atoms with van der Waals surface area (Å²) in [7, 11) is 0. The molecule has 2 unspecified atom stereocenters. The highest BCUT2D eigenvalue weighted by Crippen LogP contribution is 2.16. The Balaban J connectivity index is 3.42. The van der Waals surface area contributed by atoms with Crippen LogP contribution in [0.4, 0.5) is 0 Å². The Bertz CT molecular complexity index is 847. The summed E-state index contributed by atoms with van der Waals surface area (Å²) in [6.45, 7) is 4.91. The van der Waals surface area contributed by atoms with Crippen molar-refractivity contribution in [3.63, 3.8) is 0 Å². The Kier molecular flexibility index (Phi) is 46.1. The fourth-order valence-corrected chi connectivity index (χ4v) is 7.87. The van der Waals surface area contributed by atoms with Crippen molar-refractivity contribution >= 4 is 11.9 Å². The number of rotatable bonds is 47. The van der Waals surface area contributed by atoms with Crippen LogP contribution in [0.1, 0.15) is 277 Å². The molecule has 338 valence electrons. The predicted octanol–water partition coefficient (Wildman–Crippen LogP) is 15.0. The number of nitrogens with one attached hydrogen (secondary N) is 1. The van der Waals surface area contributed by atoms with Gasteiger partial charge < -0.3 is 20.3 Å². The topological polar surface area (TPSA) is 95.9 Å². The summed E-state index contributed by atoms with van der Waals surface area (Å²) in [4.78, 5) is 24.4. The fraction of sp³-hybridized carbons (Fsp3) is 0.922. The van der Waals surface area contributed by atoms with Gasteiger partial charge in [0.25, 0.3) is 0 Å². The fourth-order valence-electron chi connectivity index (χ4n) is 7.87. The Labute approximate surface area is 355 Å². The van der Waals surface area contributed by atoms with Gasteiger partial charge in [0, 0.05) is 12.8 Å². The molecule has 0 saturated carbocycles. The second-order valence-corrected chi connectivity index (χ2v) is 17.5. The SMILES string of the molecule is CCCCCCCC/C=C\CCCCCCCC(=O)OCCCCCCCCCCCCCCCCC(=O)NC(CO)C(O)CCCCCCCCCCCCC. The number of hydrogen-bond donors (Lipinski definition) is 3. The summed E-state index contributed by atoms with van der Waals surface area (Å²) in [5, 5.41) is 23.1. The van der Waals surface area contributed by atoms with Crippen molar-refractivity contribution in [1.82, 2.24) is 5.32 Å². The highest BCUT2D eigenvalue weighted by molar-refractivity contribution is 5.76. The molecule has 0 rings (SSSR count). The number of amides is 1. The minimum absolute atomic E-state index is 0.0101. The zero-order valence-electron chi connectivity index (χ0n) is 38.3. The number of aliphatic hydroxyl groups is 2. The standard InChI is InChI=1S/C51H99NO5/c1-3-5-7-9-11-13-15-16-17-21-25-29-33-37-41-45-51(56)57-46-42-38-34-30-26-22-19-18-20-24-28-32-36-40-44-50(55)52-48(47-53)49(54)43-39-35-31-27-23-14-12-10-8-6-4-2/h16-17,48-49,53-54H,3-15,18-47H2,1-2H3,(H,52,55)/b17-16-. The maximum atomic E-state index is 12.4. The first-order valence-corrected chi connectivity index (χ1v) is 25.4. The Morgan fingerprint density at radius 1 is 0.474 bits per heavy atom. The lowest BCUT2D eigenvalue weighted by Crippen LogP contribution is -2.45. The largest absolute Gasteiger partial charge is 0.466 e. The van der Waals surface area contributed by atoms with Gasteiger partial charge in [0.2, 0.25) is 5.91 Å². The van der Waals surface area contributed by atoms with Crippen LogP contribution in [0.15, 0.2) is 12.2 Å². The molecule has 0 radical (unpaired) electrons. The van der Waals surface area contributed by atoms with Crippen LogP contribution in [-0.4, -0.2) is 47.4 Å². The first kappa shape index (κ1) is 55.6. The second kappa shape index (κ2) is 47.3. The van der Waals surface area contributed by atoms with Gasteiger partial charge in [-0.05, 0) is 51.4 Å². The van der Waals surface area contributed by atoms with Crippen molar-refractivity contribution in [3.8, 4) is 0 Å². The third kappa shape index (κ3) is 44.0. The van der Waals surface area contributed by atoms with E-state index in [1.807, 2.05) is 0 Å². The van der Waals surface area contributed by atoms with Crippen molar-refractivity contribution < 1.29 is 24.5 Å². The van der Waals surface area contributed by atoms with E-state index in [4.69, 9.17) is 4.74 Å². The quantitative estimate of drug-likeness (QED) is 0.0323. The number of allylic oxidation sites excluding steroid dienone is 2. The summed E-state index contributed by atoms with van der Waals surface area (Å²) in [6, 6.07) is -0.547. The monoisotopic (exact) mass is 806 g/mol. The van der Waals surface area contributed by atoms with Gasteiger partial charge in [-0.3, -0.25) is 9.59 Å². The molecule has 57 heavy (non-hydrogen) atoms. The molecule has 3 N–H and O–H groups in total. The molecule has 0 aromatic carbocycles. The number of carbonyl (C=O) groups excluding carboxylic acids is 2. The summed E-state index contributed by atoms with van der Waals surface area (Å²) in [6.07, 6.45) is 53.2. The summed E-state index contributed by atoms with van der Waals surface area (Å²) >= 11 is 0. The second-order valence-electron chi connectivity index (χ2n) is 17.5.